The zero-order valence-electron chi connectivity index (χ0n) is 97.4. The topological polar surface area (TPSA) is 135 Å². The normalized spacial score (nSPS) is 18.1. The minimum Gasteiger partial charge on any atom is -0.369 e. The van der Waals surface area contributed by atoms with Gasteiger partial charge in [-0.1, -0.05) is 255 Å². The molecule has 1 N–H and O–H groups in total. The van der Waals surface area contributed by atoms with Crippen molar-refractivity contribution in [2.75, 3.05) is 226 Å². The van der Waals surface area contributed by atoms with Crippen molar-refractivity contribution < 1.29 is 23.5 Å². The van der Waals surface area contributed by atoms with Crippen LogP contribution in [-0.4, -0.2) is 305 Å². The number of aromatic nitrogens is 1. The Morgan fingerprint density at radius 3 is 1.10 bits per heavy atom. The quantitative estimate of drug-likeness (QED) is 0.104. The number of nitrogens with one attached hydrogen (secondary N) is 1. The number of nitrogens with zero attached hydrogens (tertiary/aromatic N) is 14. The summed E-state index contributed by atoms with van der Waals surface area (Å²) in [6.45, 7) is 101. The van der Waals surface area contributed by atoms with Gasteiger partial charge in [-0.3, -0.25) is 33.9 Å². The largest absolute Gasteiger partial charge is 0.369 e. The van der Waals surface area contributed by atoms with E-state index in [0.717, 1.165) is 160 Å². The van der Waals surface area contributed by atoms with Crippen LogP contribution in [0, 0.1) is 40.4 Å². The van der Waals surface area contributed by atoms with Crippen molar-refractivity contribution in [1.29, 1.82) is 0 Å². The molecule has 8 saturated heterocycles. The fourth-order valence-corrected chi connectivity index (χ4v) is 17.8. The van der Waals surface area contributed by atoms with Gasteiger partial charge in [0.2, 0.25) is 5.91 Å². The number of benzene rings is 5. The van der Waals surface area contributed by atoms with Crippen molar-refractivity contribution in [2.24, 2.45) is 16.7 Å². The molecule has 0 spiro atoms. The fourth-order valence-electron chi connectivity index (χ4n) is 17.8. The van der Waals surface area contributed by atoms with E-state index in [1.807, 2.05) is 93.4 Å². The van der Waals surface area contributed by atoms with Crippen LogP contribution in [0.3, 0.4) is 0 Å². The fraction of sp³-hybridized carbons (Fsp3) is 0.648. The van der Waals surface area contributed by atoms with Crippen molar-refractivity contribution in [3.05, 3.63) is 195 Å². The molecule has 9 heterocycles. The molecule has 0 atom stereocenters. The predicted octanol–water partition coefficient (Wildman–Crippen LogP) is 21.4. The Balaban J connectivity index is 0.000000251. The number of carbonyl (C=O) groups is 4. The molecule has 8 fully saturated rings. The zero-order valence-corrected chi connectivity index (χ0v) is 94.4. The lowest BCUT2D eigenvalue weighted by Gasteiger charge is -2.47. The van der Waals surface area contributed by atoms with E-state index in [-0.39, 0.29) is 66.9 Å². The highest BCUT2D eigenvalue weighted by Gasteiger charge is 2.36. The number of pyridine rings is 1. The summed E-state index contributed by atoms with van der Waals surface area (Å²) in [5.74, 6) is 15.6. The van der Waals surface area contributed by atoms with Crippen LogP contribution >= 0.6 is 0 Å². The molecular weight excluding hydrogens is 1740 g/mol. The van der Waals surface area contributed by atoms with Gasteiger partial charge in [0, 0.05) is 233 Å². The monoisotopic (exact) mass is 1940 g/mol. The van der Waals surface area contributed by atoms with Gasteiger partial charge in [0.05, 0.1) is 6.54 Å². The third kappa shape index (κ3) is 42.6. The Morgan fingerprint density at radius 1 is 0.383 bits per heavy atom. The summed E-state index contributed by atoms with van der Waals surface area (Å²) in [7, 11) is 0.322. The van der Waals surface area contributed by atoms with Crippen LogP contribution in [0.1, 0.15) is 314 Å². The SMILES string of the molecule is CC(=O)N1CC(N2CCC(C#CC(C)(C)C)CC2)C1.CC(C)(C)c1ccc(C(=O)N2CCCCC2)cc1.CCN1CCN(CC#CC(C)(C)C)CC1.CCN1CCN(Cc2ccc(C(C)(C)C)cc2)CC1.CCN1CCN(c2ccc(C(C)(C)C)cc2)CC1.CCN1CCN(c2ccc(C(C)(C)C)cn2)CC1.CCNC(=O)c1ccc(C(C)(C)C)cc1.[3H]CN1CCN(C(=O)c2ccc(C(C)(C)C)cc2)CC1.[3H][3H]. The first-order valence-corrected chi connectivity index (χ1v) is 53.9. The Morgan fingerprint density at radius 2 is 0.738 bits per heavy atom. The average molecular weight is 1940 g/mol. The van der Waals surface area contributed by atoms with Crippen LogP contribution in [0.15, 0.2) is 140 Å². The number of carbonyl (C=O) groups excluding carboxylic acids is 4. The molecule has 8 aliphatic rings. The molecule has 0 radical (unpaired) electrons. The van der Waals surface area contributed by atoms with E-state index < -0.39 is 0 Å². The Labute approximate surface area is 864 Å². The maximum Gasteiger partial charge on any atom is 0.253 e. The standard InChI is InChI=1S/C17H28N2.C16H26N2O.C16H24N2O.C16H26N2.C16H23NO.C15H25N3.C13H24N2.C13H19NO.H2/c1-5-18-10-12-19(13-11-18)14-15-6-8-16(9-7-15)17(2,3)4;1-13(19)18-11-15(12-18)17-9-6-14(7-10-17)5-8-16(2,3)4;1-16(2,3)14-7-5-13(6-8-14)15(19)18-11-9-17(4)10-12-18;1-5-17-10-12-18(13-11-17)15-8-6-14(7-9-15)16(2,3)4;1-16(2,3)14-9-7-13(8-10-14)15(18)17-11-5-4-6-12-17;1-5-17-8-10-18(11-9-17)14-7-6-13(12-16-14)15(2,3)4;1-5-14-9-11-15(12-10-14)8-6-7-13(2,3)4;1-5-14-12(15)10-6-8-11(9-7-10)13(2,3)4;/h6-9H,5,10-14H2,1-4H3;14-15H,6-7,9-12H2,1-4H3;5-8H,9-12H2,1-4H3;6-9H,5,10-13H2,1-4H3;7-10H,4-6,11-12H2,1-3H3;6-7,12H,5,8-11H2,1-4H3;5,8-12H2,1-4H3;6-9H,5H2,1-4H3,(H,14,15);1H/i;;4T;;;;;;1+2T. The molecule has 0 aliphatic carbocycles. The third-order valence-corrected chi connectivity index (χ3v) is 28.1. The van der Waals surface area contributed by atoms with E-state index in [4.69, 9.17) is 4.34 Å². The summed E-state index contributed by atoms with van der Waals surface area (Å²) >= 11 is 0. The smallest absolute Gasteiger partial charge is 0.253 e. The summed E-state index contributed by atoms with van der Waals surface area (Å²) in [6, 6.07) is 47.1. The molecule has 0 unspecified atom stereocenters. The van der Waals surface area contributed by atoms with E-state index >= 15 is 0 Å². The van der Waals surface area contributed by atoms with Crippen molar-refractivity contribution in [1.82, 2.24) is 64.2 Å². The minimum atomic E-state index is -0.00189. The first-order chi connectivity index (χ1) is 67.7. The second kappa shape index (κ2) is 56.3. The first-order valence-electron chi connectivity index (χ1n) is 55.6. The molecule has 0 saturated carbocycles. The molecule has 0 bridgehead atoms. The number of rotatable bonds is 14. The minimum absolute atomic E-state index is 0.00189. The average Bonchev–Trinajstić information content (AvgIpc) is 0.704. The van der Waals surface area contributed by atoms with Crippen molar-refractivity contribution in [2.45, 2.75) is 285 Å². The highest BCUT2D eigenvalue weighted by atomic mass is 16.2. The Kier molecular flexibility index (Phi) is 46.3. The molecule has 19 heteroatoms. The third-order valence-electron chi connectivity index (χ3n) is 28.1. The lowest BCUT2D eigenvalue weighted by molar-refractivity contribution is -0.136. The number of piperazine rings is 5. The zero-order chi connectivity index (χ0) is 107. The van der Waals surface area contributed by atoms with Gasteiger partial charge in [-0.15, -0.1) is 0 Å². The number of likely N-dealkylation sites (tertiary alicyclic amines) is 3. The van der Waals surface area contributed by atoms with Crippen molar-refractivity contribution >= 4 is 35.1 Å². The highest BCUT2D eigenvalue weighted by Crippen LogP contribution is 2.32. The van der Waals surface area contributed by atoms with Gasteiger partial charge in [-0.2, -0.15) is 0 Å². The summed E-state index contributed by atoms with van der Waals surface area (Å²) < 4.78 is 17.3. The summed E-state index contributed by atoms with van der Waals surface area (Å²) in [5.41, 5.74) is 14.4. The summed E-state index contributed by atoms with van der Waals surface area (Å²) in [4.78, 5) is 82.3. The maximum atomic E-state index is 12.4. The van der Waals surface area contributed by atoms with Crippen LogP contribution in [0.5, 0.6) is 0 Å². The lowest BCUT2D eigenvalue weighted by Crippen LogP contribution is -2.61. The summed E-state index contributed by atoms with van der Waals surface area (Å²) in [6.07, 6.45) is 7.94. The van der Waals surface area contributed by atoms with Gasteiger partial charge in [0.25, 0.3) is 17.7 Å². The van der Waals surface area contributed by atoms with Gasteiger partial charge >= 0.3 is 0 Å². The predicted molar refractivity (Wildman–Crippen MR) is 601 cm³/mol. The molecule has 14 rings (SSSR count). The number of piperidine rings is 2. The number of hydrogen-bond acceptors (Lipinski definition) is 15. The van der Waals surface area contributed by atoms with E-state index in [1.54, 1.807) is 6.92 Å². The molecule has 6 aromatic rings. The molecule has 784 valence electrons. The van der Waals surface area contributed by atoms with Crippen LogP contribution in [0.4, 0.5) is 11.5 Å². The molecule has 5 aromatic carbocycles. The number of hydrogen-bond donors (Lipinski definition) is 1. The summed E-state index contributed by atoms with van der Waals surface area (Å²) in [5, 5.41) is 2.78. The van der Waals surface area contributed by atoms with Gasteiger partial charge in [-0.05, 0) is 253 Å². The van der Waals surface area contributed by atoms with Crippen LogP contribution in [-0.2, 0) is 43.8 Å². The van der Waals surface area contributed by atoms with Crippen LogP contribution in [0.25, 0.3) is 0 Å². The number of likely N-dealkylation sites (N-methyl/N-ethyl adjacent to an activating group) is 5. The molecule has 141 heavy (non-hydrogen) atoms. The first kappa shape index (κ1) is 116. The van der Waals surface area contributed by atoms with E-state index in [9.17, 15) is 19.2 Å². The second-order valence-corrected chi connectivity index (χ2v) is 48.2. The Bertz CT molecular complexity index is 4700. The lowest BCUT2D eigenvalue weighted by atomic mass is 9.86. The van der Waals surface area contributed by atoms with Gasteiger partial charge < -0.3 is 54.3 Å². The van der Waals surface area contributed by atoms with Crippen LogP contribution < -0.4 is 15.1 Å². The van der Waals surface area contributed by atoms with Crippen molar-refractivity contribution in [3.8, 4) is 23.7 Å². The van der Waals surface area contributed by atoms with Crippen LogP contribution in [0.2, 0.25) is 0 Å². The van der Waals surface area contributed by atoms with Gasteiger partial charge in [0.1, 0.15) is 5.82 Å². The van der Waals surface area contributed by atoms with E-state index in [0.29, 0.717) is 25.5 Å². The maximum absolute atomic E-state index is 12.4. The molecule has 4 amide bonds. The highest BCUT2D eigenvalue weighted by molar-refractivity contribution is 5.95. The van der Waals surface area contributed by atoms with E-state index in [1.165, 1.54) is 149 Å². The second-order valence-electron chi connectivity index (χ2n) is 48.2. The number of amides is 4. The molecule has 19 nitrogen and oxygen atoms in total. The Hall–Kier alpha value is -8.47. The van der Waals surface area contributed by atoms with Crippen molar-refractivity contribution in [3.63, 3.8) is 0 Å². The van der Waals surface area contributed by atoms with Gasteiger partial charge in [0.15, 0.2) is 0 Å². The van der Waals surface area contributed by atoms with E-state index in [2.05, 4.69) is 345 Å². The van der Waals surface area contributed by atoms with Gasteiger partial charge in [-0.25, -0.2) is 4.98 Å². The molecule has 8 aliphatic heterocycles. The molecular formula is C122H197N15O4. The number of anilines is 2. The molecule has 1 aromatic heterocycles.